The van der Waals surface area contributed by atoms with Gasteiger partial charge < -0.3 is 5.32 Å². The Kier molecular flexibility index (Phi) is 3.58. The monoisotopic (exact) mass is 257 g/mol. The van der Waals surface area contributed by atoms with E-state index in [2.05, 4.69) is 29.6 Å². The lowest BCUT2D eigenvalue weighted by atomic mass is 9.72. The van der Waals surface area contributed by atoms with Crippen molar-refractivity contribution in [3.05, 3.63) is 29.8 Å². The Hall–Kier alpha value is -1.31. The Morgan fingerprint density at radius 2 is 1.89 bits per heavy atom. The molecule has 2 unspecified atom stereocenters. The summed E-state index contributed by atoms with van der Waals surface area (Å²) >= 11 is 0. The molecule has 0 aromatic heterocycles. The standard InChI is InChI=1S/C17H23NO/c1-12(19)17-11-15(13-7-3-2-4-8-13)14-9-5-6-10-16(14)18-17/h5-6,9-10,13,15,17-18H,2-4,7-8,11H2,1H3. The van der Waals surface area contributed by atoms with Crippen molar-refractivity contribution in [2.45, 2.75) is 57.4 Å². The first kappa shape index (κ1) is 12.7. The second kappa shape index (κ2) is 5.36. The van der Waals surface area contributed by atoms with E-state index in [-0.39, 0.29) is 11.8 Å². The van der Waals surface area contributed by atoms with Gasteiger partial charge >= 0.3 is 0 Å². The molecule has 1 aliphatic carbocycles. The van der Waals surface area contributed by atoms with Crippen LogP contribution in [-0.2, 0) is 4.79 Å². The molecule has 2 aliphatic rings. The smallest absolute Gasteiger partial charge is 0.151 e. The van der Waals surface area contributed by atoms with E-state index >= 15 is 0 Å². The van der Waals surface area contributed by atoms with E-state index in [4.69, 9.17) is 0 Å². The van der Waals surface area contributed by atoms with E-state index in [0.29, 0.717) is 5.92 Å². The molecule has 0 saturated heterocycles. The van der Waals surface area contributed by atoms with Crippen molar-refractivity contribution < 1.29 is 4.79 Å². The first-order chi connectivity index (χ1) is 9.25. The highest BCUT2D eigenvalue weighted by atomic mass is 16.1. The van der Waals surface area contributed by atoms with Crippen LogP contribution in [0.4, 0.5) is 5.69 Å². The molecule has 19 heavy (non-hydrogen) atoms. The fraction of sp³-hybridized carbons (Fsp3) is 0.588. The summed E-state index contributed by atoms with van der Waals surface area (Å²) in [6, 6.07) is 8.58. The Balaban J connectivity index is 1.90. The molecule has 0 spiro atoms. The molecule has 0 amide bonds. The number of carbonyl (C=O) groups excluding carboxylic acids is 1. The minimum absolute atomic E-state index is 0.0156. The summed E-state index contributed by atoms with van der Waals surface area (Å²) in [5.74, 6) is 1.63. The van der Waals surface area contributed by atoms with Crippen LogP contribution < -0.4 is 5.32 Å². The predicted octanol–water partition coefficient (Wildman–Crippen LogP) is 4.12. The average Bonchev–Trinajstić information content (AvgIpc) is 2.47. The minimum atomic E-state index is 0.0156. The van der Waals surface area contributed by atoms with Gasteiger partial charge in [-0.25, -0.2) is 0 Å². The lowest BCUT2D eigenvalue weighted by molar-refractivity contribution is -0.118. The zero-order chi connectivity index (χ0) is 13.2. The third-order valence-corrected chi connectivity index (χ3v) is 4.89. The van der Waals surface area contributed by atoms with Crippen LogP contribution in [0.3, 0.4) is 0 Å². The van der Waals surface area contributed by atoms with Crippen molar-refractivity contribution >= 4 is 11.5 Å². The quantitative estimate of drug-likeness (QED) is 0.863. The molecule has 1 aromatic carbocycles. The van der Waals surface area contributed by atoms with Gasteiger partial charge in [-0.15, -0.1) is 0 Å². The SMILES string of the molecule is CC(=O)C1CC(C2CCCCC2)c2ccccc2N1. The summed E-state index contributed by atoms with van der Waals surface area (Å²) in [5.41, 5.74) is 2.62. The lowest BCUT2D eigenvalue weighted by Crippen LogP contribution is -2.36. The highest BCUT2D eigenvalue weighted by Crippen LogP contribution is 2.44. The van der Waals surface area contributed by atoms with Crippen LogP contribution in [0.5, 0.6) is 0 Å². The van der Waals surface area contributed by atoms with Crippen LogP contribution >= 0.6 is 0 Å². The molecule has 1 fully saturated rings. The highest BCUT2D eigenvalue weighted by molar-refractivity contribution is 5.85. The summed E-state index contributed by atoms with van der Waals surface area (Å²) in [5, 5.41) is 3.42. The number of Topliss-reactive ketones (excluding diaryl/α,β-unsaturated/α-hetero) is 1. The Morgan fingerprint density at radius 3 is 2.63 bits per heavy atom. The number of hydrogen-bond donors (Lipinski definition) is 1. The van der Waals surface area contributed by atoms with Gasteiger partial charge in [-0.2, -0.15) is 0 Å². The van der Waals surface area contributed by atoms with Gasteiger partial charge in [0.05, 0.1) is 6.04 Å². The van der Waals surface area contributed by atoms with Crippen molar-refractivity contribution in [2.75, 3.05) is 5.32 Å². The van der Waals surface area contributed by atoms with Crippen LogP contribution in [0.1, 0.15) is 56.9 Å². The van der Waals surface area contributed by atoms with E-state index in [1.807, 2.05) is 0 Å². The Bertz CT molecular complexity index is 462. The lowest BCUT2D eigenvalue weighted by Gasteiger charge is -2.38. The van der Waals surface area contributed by atoms with E-state index in [0.717, 1.165) is 12.3 Å². The van der Waals surface area contributed by atoms with Gasteiger partial charge in [0.15, 0.2) is 5.78 Å². The summed E-state index contributed by atoms with van der Waals surface area (Å²) in [6.07, 6.45) is 7.77. The van der Waals surface area contributed by atoms with Crippen molar-refractivity contribution in [3.63, 3.8) is 0 Å². The summed E-state index contributed by atoms with van der Waals surface area (Å²) < 4.78 is 0. The predicted molar refractivity (Wildman–Crippen MR) is 78.5 cm³/mol. The van der Waals surface area contributed by atoms with Crippen LogP contribution in [0.25, 0.3) is 0 Å². The third-order valence-electron chi connectivity index (χ3n) is 4.89. The van der Waals surface area contributed by atoms with Gasteiger partial charge in [0.2, 0.25) is 0 Å². The molecule has 0 radical (unpaired) electrons. The Morgan fingerprint density at radius 1 is 1.16 bits per heavy atom. The molecule has 1 aromatic rings. The van der Waals surface area contributed by atoms with Gasteiger partial charge in [0.1, 0.15) is 0 Å². The first-order valence-corrected chi connectivity index (χ1v) is 7.61. The third kappa shape index (κ3) is 2.54. The van der Waals surface area contributed by atoms with E-state index in [9.17, 15) is 4.79 Å². The van der Waals surface area contributed by atoms with Crippen molar-refractivity contribution in [1.29, 1.82) is 0 Å². The molecule has 1 N–H and O–H groups in total. The van der Waals surface area contributed by atoms with Crippen LogP contribution in [0.2, 0.25) is 0 Å². The maximum absolute atomic E-state index is 11.8. The van der Waals surface area contributed by atoms with Gasteiger partial charge in [-0.3, -0.25) is 4.79 Å². The number of nitrogens with one attached hydrogen (secondary N) is 1. The van der Waals surface area contributed by atoms with Crippen molar-refractivity contribution in [1.82, 2.24) is 0 Å². The fourth-order valence-electron chi connectivity index (χ4n) is 3.83. The fourth-order valence-corrected chi connectivity index (χ4v) is 3.83. The number of fused-ring (bicyclic) bond motifs is 1. The molecule has 0 bridgehead atoms. The van der Waals surface area contributed by atoms with E-state index in [1.54, 1.807) is 6.92 Å². The number of carbonyl (C=O) groups is 1. The van der Waals surface area contributed by atoms with Gasteiger partial charge in [0.25, 0.3) is 0 Å². The number of ketones is 1. The highest BCUT2D eigenvalue weighted by Gasteiger charge is 2.34. The normalized spacial score (nSPS) is 27.4. The molecule has 2 nitrogen and oxygen atoms in total. The minimum Gasteiger partial charge on any atom is -0.375 e. The molecular formula is C17H23NO. The second-order valence-corrected chi connectivity index (χ2v) is 6.14. The van der Waals surface area contributed by atoms with Crippen LogP contribution in [0.15, 0.2) is 24.3 Å². The summed E-state index contributed by atoms with van der Waals surface area (Å²) in [7, 11) is 0. The van der Waals surface area contributed by atoms with Crippen molar-refractivity contribution in [2.24, 2.45) is 5.92 Å². The van der Waals surface area contributed by atoms with Crippen LogP contribution in [0, 0.1) is 5.92 Å². The maximum Gasteiger partial charge on any atom is 0.151 e. The molecule has 2 heteroatoms. The number of benzene rings is 1. The molecule has 1 heterocycles. The summed E-state index contributed by atoms with van der Waals surface area (Å²) in [4.78, 5) is 11.8. The molecular weight excluding hydrogens is 234 g/mol. The van der Waals surface area contributed by atoms with Gasteiger partial charge in [-0.1, -0.05) is 37.5 Å². The molecule has 1 saturated carbocycles. The molecule has 1 aliphatic heterocycles. The largest absolute Gasteiger partial charge is 0.375 e. The molecule has 2 atom stereocenters. The molecule has 102 valence electrons. The number of para-hydroxylation sites is 1. The van der Waals surface area contributed by atoms with E-state index < -0.39 is 0 Å². The zero-order valence-corrected chi connectivity index (χ0v) is 11.7. The number of anilines is 1. The van der Waals surface area contributed by atoms with Crippen LogP contribution in [-0.4, -0.2) is 11.8 Å². The number of rotatable bonds is 2. The maximum atomic E-state index is 11.8. The Labute approximate surface area is 115 Å². The topological polar surface area (TPSA) is 29.1 Å². The second-order valence-electron chi connectivity index (χ2n) is 6.14. The number of hydrogen-bond acceptors (Lipinski definition) is 2. The van der Waals surface area contributed by atoms with Gasteiger partial charge in [-0.05, 0) is 49.7 Å². The zero-order valence-electron chi connectivity index (χ0n) is 11.7. The van der Waals surface area contributed by atoms with Crippen molar-refractivity contribution in [3.8, 4) is 0 Å². The van der Waals surface area contributed by atoms with Gasteiger partial charge in [0, 0.05) is 5.69 Å². The average molecular weight is 257 g/mol. The van der Waals surface area contributed by atoms with E-state index in [1.165, 1.54) is 43.4 Å². The summed E-state index contributed by atoms with van der Waals surface area (Å²) in [6.45, 7) is 1.71. The molecule has 3 rings (SSSR count). The first-order valence-electron chi connectivity index (χ1n) is 7.61.